The number of carboxylic acids is 1. The van der Waals surface area contributed by atoms with Crippen molar-refractivity contribution < 1.29 is 28.6 Å². The Labute approximate surface area is 153 Å². The van der Waals surface area contributed by atoms with Crippen molar-refractivity contribution in [1.82, 2.24) is 10.2 Å². The number of nitrogens with zero attached hydrogens (tertiary/aromatic N) is 2. The molecule has 1 aromatic carbocycles. The van der Waals surface area contributed by atoms with E-state index in [-0.39, 0.29) is 21.9 Å². The van der Waals surface area contributed by atoms with Crippen molar-refractivity contribution in [3.05, 3.63) is 34.6 Å². The number of benzene rings is 1. The topological polar surface area (TPSA) is 98.6 Å². The standard InChI is InChI=1S/C17H17FN2O5S/c1-17(2,3)25-14(21)6-5-13-19-20-15(26-13)9-7-10(16(22)23)12(24-4)8-11(9)18/h5-8H,1-4H3,(H,22,23). The normalized spacial score (nSPS) is 11.6. The van der Waals surface area contributed by atoms with Crippen LogP contribution in [0.25, 0.3) is 16.6 Å². The van der Waals surface area contributed by atoms with Gasteiger partial charge in [0.15, 0.2) is 5.01 Å². The Hall–Kier alpha value is -2.81. The summed E-state index contributed by atoms with van der Waals surface area (Å²) < 4.78 is 24.3. The first-order valence-electron chi connectivity index (χ1n) is 7.46. The number of esters is 1. The van der Waals surface area contributed by atoms with Crippen molar-refractivity contribution in [3.8, 4) is 16.3 Å². The molecule has 7 nitrogen and oxygen atoms in total. The van der Waals surface area contributed by atoms with Gasteiger partial charge in [-0.05, 0) is 32.9 Å². The Bertz CT molecular complexity index is 871. The number of rotatable bonds is 5. The van der Waals surface area contributed by atoms with Gasteiger partial charge in [0.2, 0.25) is 0 Å². The lowest BCUT2D eigenvalue weighted by Crippen LogP contribution is -2.22. The third-order valence-corrected chi connectivity index (χ3v) is 3.88. The number of carboxylic acid groups (broad SMARTS) is 1. The quantitative estimate of drug-likeness (QED) is 0.627. The largest absolute Gasteiger partial charge is 0.496 e. The van der Waals surface area contributed by atoms with Gasteiger partial charge >= 0.3 is 11.9 Å². The average Bonchev–Trinajstić information content (AvgIpc) is 2.99. The predicted molar refractivity (Wildman–Crippen MR) is 93.7 cm³/mol. The maximum atomic E-state index is 14.2. The minimum absolute atomic E-state index is 0.0161. The van der Waals surface area contributed by atoms with Gasteiger partial charge in [0.1, 0.15) is 27.7 Å². The first-order chi connectivity index (χ1) is 12.1. The summed E-state index contributed by atoms with van der Waals surface area (Å²) in [4.78, 5) is 22.9. The Morgan fingerprint density at radius 2 is 1.96 bits per heavy atom. The highest BCUT2D eigenvalue weighted by Gasteiger charge is 2.19. The summed E-state index contributed by atoms with van der Waals surface area (Å²) >= 11 is 1.00. The van der Waals surface area contributed by atoms with E-state index in [9.17, 15) is 19.1 Å². The summed E-state index contributed by atoms with van der Waals surface area (Å²) in [5.41, 5.74) is -0.824. The summed E-state index contributed by atoms with van der Waals surface area (Å²) in [5.74, 6) is -2.57. The number of methoxy groups -OCH3 is 1. The molecule has 0 unspecified atom stereocenters. The maximum Gasteiger partial charge on any atom is 0.339 e. The molecule has 0 bridgehead atoms. The average molecular weight is 380 g/mol. The van der Waals surface area contributed by atoms with E-state index in [1.807, 2.05) is 0 Å². The monoisotopic (exact) mass is 380 g/mol. The van der Waals surface area contributed by atoms with E-state index >= 15 is 0 Å². The summed E-state index contributed by atoms with van der Waals surface area (Å²) in [6.07, 6.45) is 2.59. The molecule has 1 heterocycles. The highest BCUT2D eigenvalue weighted by Crippen LogP contribution is 2.32. The molecule has 1 aromatic heterocycles. The van der Waals surface area contributed by atoms with Crippen molar-refractivity contribution in [2.75, 3.05) is 7.11 Å². The van der Waals surface area contributed by atoms with E-state index in [2.05, 4.69) is 10.2 Å². The summed E-state index contributed by atoms with van der Waals surface area (Å²) in [6.45, 7) is 5.23. The number of aromatic nitrogens is 2. The van der Waals surface area contributed by atoms with Crippen LogP contribution in [-0.2, 0) is 9.53 Å². The molecule has 0 spiro atoms. The predicted octanol–water partition coefficient (Wildman–Crippen LogP) is 3.41. The van der Waals surface area contributed by atoms with Crippen LogP contribution in [0, 0.1) is 5.82 Å². The Kier molecular flexibility index (Phi) is 5.71. The molecule has 0 amide bonds. The number of ether oxygens (including phenoxy) is 2. The Morgan fingerprint density at radius 1 is 1.27 bits per heavy atom. The van der Waals surface area contributed by atoms with Gasteiger partial charge in [-0.3, -0.25) is 0 Å². The first kappa shape index (κ1) is 19.5. The van der Waals surface area contributed by atoms with Crippen molar-refractivity contribution >= 4 is 29.4 Å². The lowest BCUT2D eigenvalue weighted by Gasteiger charge is -2.17. The molecule has 2 rings (SSSR count). The number of aromatic carboxylic acids is 1. The fourth-order valence-corrected chi connectivity index (χ4v) is 2.70. The van der Waals surface area contributed by atoms with Crippen LogP contribution in [0.3, 0.4) is 0 Å². The maximum absolute atomic E-state index is 14.2. The van der Waals surface area contributed by atoms with Crippen molar-refractivity contribution in [2.24, 2.45) is 0 Å². The molecule has 0 atom stereocenters. The molecule has 0 saturated heterocycles. The van der Waals surface area contributed by atoms with Crippen LogP contribution in [0.4, 0.5) is 4.39 Å². The molecule has 0 aliphatic heterocycles. The second kappa shape index (κ2) is 7.61. The highest BCUT2D eigenvalue weighted by molar-refractivity contribution is 7.15. The molecular formula is C17H17FN2O5S. The molecule has 0 fully saturated rings. The summed E-state index contributed by atoms with van der Waals surface area (Å²) in [7, 11) is 1.26. The van der Waals surface area contributed by atoms with Gasteiger partial charge in [-0.25, -0.2) is 14.0 Å². The van der Waals surface area contributed by atoms with Gasteiger partial charge < -0.3 is 14.6 Å². The second-order valence-electron chi connectivity index (χ2n) is 6.15. The molecule has 9 heteroatoms. The van der Waals surface area contributed by atoms with E-state index in [0.717, 1.165) is 23.5 Å². The molecule has 0 aliphatic carbocycles. The zero-order chi connectivity index (χ0) is 19.5. The van der Waals surface area contributed by atoms with E-state index in [4.69, 9.17) is 9.47 Å². The number of halogens is 1. The smallest absolute Gasteiger partial charge is 0.339 e. The van der Waals surface area contributed by atoms with Gasteiger partial charge in [0, 0.05) is 17.7 Å². The zero-order valence-corrected chi connectivity index (χ0v) is 15.4. The number of hydrogen-bond acceptors (Lipinski definition) is 7. The SMILES string of the molecule is COc1cc(F)c(-c2nnc(C=CC(=O)OC(C)(C)C)s2)cc1C(=O)O. The van der Waals surface area contributed by atoms with E-state index in [1.54, 1.807) is 20.8 Å². The van der Waals surface area contributed by atoms with Gasteiger partial charge in [-0.2, -0.15) is 0 Å². The second-order valence-corrected chi connectivity index (χ2v) is 7.16. The van der Waals surface area contributed by atoms with Crippen molar-refractivity contribution in [3.63, 3.8) is 0 Å². The molecule has 0 radical (unpaired) electrons. The van der Waals surface area contributed by atoms with Gasteiger partial charge in [0.25, 0.3) is 0 Å². The van der Waals surface area contributed by atoms with Crippen LogP contribution < -0.4 is 4.74 Å². The van der Waals surface area contributed by atoms with Crippen LogP contribution in [0.1, 0.15) is 36.1 Å². The van der Waals surface area contributed by atoms with E-state index in [0.29, 0.717) is 5.01 Å². The van der Waals surface area contributed by atoms with Crippen molar-refractivity contribution in [1.29, 1.82) is 0 Å². The molecule has 26 heavy (non-hydrogen) atoms. The summed E-state index contributed by atoms with van der Waals surface area (Å²) in [6, 6.07) is 2.12. The minimum Gasteiger partial charge on any atom is -0.496 e. The van der Waals surface area contributed by atoms with Crippen molar-refractivity contribution in [2.45, 2.75) is 26.4 Å². The van der Waals surface area contributed by atoms with Gasteiger partial charge in [-0.15, -0.1) is 10.2 Å². The Morgan fingerprint density at radius 3 is 2.54 bits per heavy atom. The fraction of sp³-hybridized carbons (Fsp3) is 0.294. The van der Waals surface area contributed by atoms with Crippen LogP contribution in [-0.4, -0.2) is 40.0 Å². The van der Waals surface area contributed by atoms with Crippen LogP contribution in [0.2, 0.25) is 0 Å². The fourth-order valence-electron chi connectivity index (χ4n) is 1.94. The molecule has 2 aromatic rings. The number of carbonyl (C=O) groups excluding carboxylic acids is 1. The number of carbonyl (C=O) groups is 2. The zero-order valence-electron chi connectivity index (χ0n) is 14.6. The van der Waals surface area contributed by atoms with Gasteiger partial charge in [0.05, 0.1) is 7.11 Å². The third kappa shape index (κ3) is 4.85. The molecular weight excluding hydrogens is 363 g/mol. The Balaban J connectivity index is 2.28. The lowest BCUT2D eigenvalue weighted by atomic mass is 10.1. The molecule has 138 valence electrons. The third-order valence-electron chi connectivity index (χ3n) is 2.96. The molecule has 0 aliphatic rings. The van der Waals surface area contributed by atoms with Crippen LogP contribution in [0.5, 0.6) is 5.75 Å². The van der Waals surface area contributed by atoms with Crippen LogP contribution in [0.15, 0.2) is 18.2 Å². The van der Waals surface area contributed by atoms with E-state index < -0.39 is 23.4 Å². The lowest BCUT2D eigenvalue weighted by molar-refractivity contribution is -0.148. The molecule has 1 N–H and O–H groups in total. The highest BCUT2D eigenvalue weighted by atomic mass is 32.1. The first-order valence-corrected chi connectivity index (χ1v) is 8.28. The van der Waals surface area contributed by atoms with E-state index in [1.165, 1.54) is 19.3 Å². The molecule has 0 saturated carbocycles. The summed E-state index contributed by atoms with van der Waals surface area (Å²) in [5, 5.41) is 17.4. The minimum atomic E-state index is -1.25. The van der Waals surface area contributed by atoms with Crippen LogP contribution >= 0.6 is 11.3 Å². The van der Waals surface area contributed by atoms with Gasteiger partial charge in [-0.1, -0.05) is 11.3 Å². The number of hydrogen-bond donors (Lipinski definition) is 1.